The fourth-order valence-electron chi connectivity index (χ4n) is 2.36. The van der Waals surface area contributed by atoms with E-state index in [1.54, 1.807) is 44.2 Å². The lowest BCUT2D eigenvalue weighted by Gasteiger charge is -2.19. The molecular weight excluding hydrogens is 398 g/mol. The second-order valence-electron chi connectivity index (χ2n) is 6.42. The average Bonchev–Trinajstić information content (AvgIpc) is 2.65. The number of nitrogens with two attached hydrogens (primary N) is 1. The number of amides is 3. The Morgan fingerprint density at radius 2 is 1.55 bits per heavy atom. The van der Waals surface area contributed by atoms with Gasteiger partial charge < -0.3 is 10.5 Å². The molecule has 9 nitrogen and oxygen atoms in total. The minimum atomic E-state index is -3.84. The van der Waals surface area contributed by atoms with Crippen LogP contribution in [0.25, 0.3) is 0 Å². The normalized spacial score (nSPS) is 12.1. The Morgan fingerprint density at radius 3 is 2.07 bits per heavy atom. The van der Waals surface area contributed by atoms with Crippen molar-refractivity contribution in [3.05, 3.63) is 60.2 Å². The molecular formula is C19H21N3O6S. The molecule has 0 heterocycles. The first-order chi connectivity index (χ1) is 13.6. The molecule has 0 aliphatic rings. The predicted octanol–water partition coefficient (Wildman–Crippen LogP) is 1.86. The summed E-state index contributed by atoms with van der Waals surface area (Å²) in [5.41, 5.74) is 5.35. The summed E-state index contributed by atoms with van der Waals surface area (Å²) >= 11 is 0. The number of anilines is 1. The highest BCUT2D eigenvalue weighted by atomic mass is 32.2. The molecule has 0 saturated carbocycles. The van der Waals surface area contributed by atoms with Gasteiger partial charge in [0, 0.05) is 5.69 Å². The van der Waals surface area contributed by atoms with Gasteiger partial charge in [0.15, 0.2) is 6.10 Å². The topological polar surface area (TPSA) is 145 Å². The second kappa shape index (κ2) is 9.20. The third-order valence-electron chi connectivity index (χ3n) is 3.77. The molecule has 0 saturated heterocycles. The van der Waals surface area contributed by atoms with E-state index in [2.05, 4.69) is 4.72 Å². The average molecular weight is 419 g/mol. The van der Waals surface area contributed by atoms with E-state index < -0.39 is 40.0 Å². The van der Waals surface area contributed by atoms with Crippen LogP contribution in [0.5, 0.6) is 0 Å². The van der Waals surface area contributed by atoms with E-state index in [0.29, 0.717) is 5.69 Å². The van der Waals surface area contributed by atoms with Gasteiger partial charge in [0.25, 0.3) is 15.9 Å². The number of benzene rings is 2. The van der Waals surface area contributed by atoms with Crippen molar-refractivity contribution in [2.45, 2.75) is 24.8 Å². The first-order valence-electron chi connectivity index (χ1n) is 8.59. The number of primary amides is 1. The van der Waals surface area contributed by atoms with Crippen molar-refractivity contribution in [2.75, 3.05) is 4.72 Å². The smallest absolute Gasteiger partial charge is 0.338 e. The van der Waals surface area contributed by atoms with Gasteiger partial charge >= 0.3 is 12.0 Å². The standard InChI is InChI=1S/C19H21N3O6S/c1-12(2)16(17(23)21-19(20)25)28-18(24)13-8-10-15(11-9-13)29(26,27)22-14-6-4-3-5-7-14/h3-12,16,22H,1-2H3,(H3,20,21,23,25)/t16-/m1/s1. The monoisotopic (exact) mass is 419 g/mol. The van der Waals surface area contributed by atoms with Crippen LogP contribution in [-0.2, 0) is 19.6 Å². The molecule has 2 aromatic carbocycles. The predicted molar refractivity (Wildman–Crippen MR) is 105 cm³/mol. The maximum absolute atomic E-state index is 12.4. The van der Waals surface area contributed by atoms with Crippen molar-refractivity contribution >= 4 is 33.6 Å². The number of ether oxygens (including phenoxy) is 1. The summed E-state index contributed by atoms with van der Waals surface area (Å²) in [5.74, 6) is -2.11. The van der Waals surface area contributed by atoms with E-state index >= 15 is 0 Å². The Bertz CT molecular complexity index is 988. The van der Waals surface area contributed by atoms with Gasteiger partial charge in [0.05, 0.1) is 10.5 Å². The number of sulfonamides is 1. The second-order valence-corrected chi connectivity index (χ2v) is 8.10. The van der Waals surface area contributed by atoms with Crippen LogP contribution in [0, 0.1) is 5.92 Å². The van der Waals surface area contributed by atoms with Crippen molar-refractivity contribution in [3.63, 3.8) is 0 Å². The van der Waals surface area contributed by atoms with Gasteiger partial charge in [-0.25, -0.2) is 18.0 Å². The number of carbonyl (C=O) groups excluding carboxylic acids is 3. The first-order valence-corrected chi connectivity index (χ1v) is 10.1. The van der Waals surface area contributed by atoms with E-state index in [1.807, 2.05) is 5.32 Å². The Morgan fingerprint density at radius 1 is 0.966 bits per heavy atom. The van der Waals surface area contributed by atoms with Gasteiger partial charge in [0.2, 0.25) is 0 Å². The largest absolute Gasteiger partial charge is 0.448 e. The number of para-hydroxylation sites is 1. The molecule has 0 bridgehead atoms. The molecule has 0 unspecified atom stereocenters. The maximum Gasteiger partial charge on any atom is 0.338 e. The Hall–Kier alpha value is -3.40. The summed E-state index contributed by atoms with van der Waals surface area (Å²) in [5, 5.41) is 1.87. The summed E-state index contributed by atoms with van der Waals surface area (Å²) in [6.07, 6.45) is -1.24. The van der Waals surface area contributed by atoms with Gasteiger partial charge in [-0.05, 0) is 42.3 Å². The maximum atomic E-state index is 12.4. The van der Waals surface area contributed by atoms with Crippen LogP contribution in [0.2, 0.25) is 0 Å². The van der Waals surface area contributed by atoms with Gasteiger partial charge in [-0.2, -0.15) is 0 Å². The van der Waals surface area contributed by atoms with Crippen molar-refractivity contribution in [1.29, 1.82) is 0 Å². The van der Waals surface area contributed by atoms with Crippen LogP contribution in [0.1, 0.15) is 24.2 Å². The number of rotatable bonds is 7. The molecule has 29 heavy (non-hydrogen) atoms. The number of nitrogens with one attached hydrogen (secondary N) is 2. The summed E-state index contributed by atoms with van der Waals surface area (Å²) in [4.78, 5) is 35.1. The molecule has 0 aromatic heterocycles. The zero-order valence-electron chi connectivity index (χ0n) is 15.8. The summed E-state index contributed by atoms with van der Waals surface area (Å²) < 4.78 is 32.4. The van der Waals surface area contributed by atoms with Crippen molar-refractivity contribution in [2.24, 2.45) is 11.7 Å². The number of hydrogen-bond acceptors (Lipinski definition) is 6. The van der Waals surface area contributed by atoms with Crippen LogP contribution in [0.15, 0.2) is 59.5 Å². The Balaban J connectivity index is 2.13. The summed E-state index contributed by atoms with van der Waals surface area (Å²) in [7, 11) is -3.84. The molecule has 1 atom stereocenters. The Labute approximate surface area is 168 Å². The fraction of sp³-hybridized carbons (Fsp3) is 0.211. The lowest BCUT2D eigenvalue weighted by molar-refractivity contribution is -0.130. The van der Waals surface area contributed by atoms with Crippen LogP contribution in [0.3, 0.4) is 0 Å². The number of hydrogen-bond donors (Lipinski definition) is 3. The van der Waals surface area contributed by atoms with Crippen molar-refractivity contribution < 1.29 is 27.5 Å². The first kappa shape index (κ1) is 21.9. The third-order valence-corrected chi connectivity index (χ3v) is 5.17. The van der Waals surface area contributed by atoms with Gasteiger partial charge in [-0.1, -0.05) is 32.0 Å². The lowest BCUT2D eigenvalue weighted by atomic mass is 10.1. The molecule has 154 valence electrons. The molecule has 2 rings (SSSR count). The van der Waals surface area contributed by atoms with Gasteiger partial charge in [-0.15, -0.1) is 0 Å². The van der Waals surface area contributed by atoms with Crippen LogP contribution in [-0.4, -0.2) is 32.4 Å². The van der Waals surface area contributed by atoms with Crippen LogP contribution < -0.4 is 15.8 Å². The highest BCUT2D eigenvalue weighted by Crippen LogP contribution is 2.17. The number of esters is 1. The quantitative estimate of drug-likeness (QED) is 0.584. The fourth-order valence-corrected chi connectivity index (χ4v) is 3.42. The number of urea groups is 1. The molecule has 0 aliphatic heterocycles. The SMILES string of the molecule is CC(C)[C@@H](OC(=O)c1ccc(S(=O)(=O)Nc2ccccc2)cc1)C(=O)NC(N)=O. The highest BCUT2D eigenvalue weighted by Gasteiger charge is 2.28. The third kappa shape index (κ3) is 6.04. The molecule has 4 N–H and O–H groups in total. The van der Waals surface area contributed by atoms with Gasteiger partial charge in [-0.3, -0.25) is 14.8 Å². The highest BCUT2D eigenvalue weighted by molar-refractivity contribution is 7.92. The molecule has 2 aromatic rings. The number of carbonyl (C=O) groups is 3. The van der Waals surface area contributed by atoms with E-state index in [0.717, 1.165) is 0 Å². The van der Waals surface area contributed by atoms with Crippen molar-refractivity contribution in [3.8, 4) is 0 Å². The summed E-state index contributed by atoms with van der Waals surface area (Å²) in [6.45, 7) is 3.26. The zero-order valence-corrected chi connectivity index (χ0v) is 16.6. The molecule has 0 fully saturated rings. The van der Waals surface area contributed by atoms with Crippen LogP contribution >= 0.6 is 0 Å². The zero-order chi connectivity index (χ0) is 21.6. The van der Waals surface area contributed by atoms with E-state index in [4.69, 9.17) is 10.5 Å². The van der Waals surface area contributed by atoms with E-state index in [9.17, 15) is 22.8 Å². The van der Waals surface area contributed by atoms with E-state index in [-0.39, 0.29) is 10.5 Å². The minimum absolute atomic E-state index is 0.0428. The van der Waals surface area contributed by atoms with E-state index in [1.165, 1.54) is 24.3 Å². The van der Waals surface area contributed by atoms with Crippen LogP contribution in [0.4, 0.5) is 10.5 Å². The summed E-state index contributed by atoms with van der Waals surface area (Å²) in [6, 6.07) is 12.3. The minimum Gasteiger partial charge on any atom is -0.448 e. The van der Waals surface area contributed by atoms with Crippen molar-refractivity contribution in [1.82, 2.24) is 5.32 Å². The molecule has 0 aliphatic carbocycles. The number of imide groups is 1. The molecule has 0 spiro atoms. The molecule has 10 heteroatoms. The Kier molecular flexibility index (Phi) is 6.94. The molecule has 3 amide bonds. The lowest BCUT2D eigenvalue weighted by Crippen LogP contribution is -2.45. The van der Waals surface area contributed by atoms with Gasteiger partial charge in [0.1, 0.15) is 0 Å². The molecule has 0 radical (unpaired) electrons.